The average Bonchev–Trinajstić information content (AvgIpc) is 3.04. The zero-order valence-corrected chi connectivity index (χ0v) is 13.8. The van der Waals surface area contributed by atoms with Crippen molar-refractivity contribution in [1.29, 1.82) is 0 Å². The van der Waals surface area contributed by atoms with E-state index in [1.165, 1.54) is 12.3 Å². The van der Waals surface area contributed by atoms with Gasteiger partial charge in [0.15, 0.2) is 0 Å². The van der Waals surface area contributed by atoms with Gasteiger partial charge >= 0.3 is 0 Å². The number of halogens is 1. The van der Waals surface area contributed by atoms with Crippen LogP contribution in [0.4, 0.5) is 0 Å². The molecule has 2 heterocycles. The SMILES string of the molecule is CC(C)n1cc(S(=O)(=O)Cl)cc1C(=O)N(C)C1CCOC1. The van der Waals surface area contributed by atoms with Crippen LogP contribution in [0, 0.1) is 0 Å². The molecule has 1 aromatic heterocycles. The molecule has 2 rings (SSSR count). The first-order valence-corrected chi connectivity index (χ1v) is 9.04. The second kappa shape index (κ2) is 5.98. The van der Waals surface area contributed by atoms with Crippen molar-refractivity contribution in [2.24, 2.45) is 0 Å². The van der Waals surface area contributed by atoms with Crippen molar-refractivity contribution in [2.45, 2.75) is 37.2 Å². The lowest BCUT2D eigenvalue weighted by molar-refractivity contribution is 0.0699. The number of aromatic nitrogens is 1. The first kappa shape index (κ1) is 16.3. The Morgan fingerprint density at radius 1 is 1.52 bits per heavy atom. The van der Waals surface area contributed by atoms with Gasteiger partial charge in [-0.1, -0.05) is 0 Å². The van der Waals surface area contributed by atoms with E-state index in [9.17, 15) is 13.2 Å². The Kier molecular flexibility index (Phi) is 4.65. The van der Waals surface area contributed by atoms with Crippen LogP contribution in [0.2, 0.25) is 0 Å². The second-order valence-corrected chi connectivity index (χ2v) is 8.00. The second-order valence-electron chi connectivity index (χ2n) is 5.43. The molecule has 8 heteroatoms. The monoisotopic (exact) mass is 334 g/mol. The number of ether oxygens (including phenoxy) is 1. The van der Waals surface area contributed by atoms with Gasteiger partial charge < -0.3 is 14.2 Å². The molecule has 0 bridgehead atoms. The molecular weight excluding hydrogens is 316 g/mol. The summed E-state index contributed by atoms with van der Waals surface area (Å²) in [4.78, 5) is 14.2. The van der Waals surface area contributed by atoms with Crippen molar-refractivity contribution in [3.63, 3.8) is 0 Å². The van der Waals surface area contributed by atoms with E-state index >= 15 is 0 Å². The van der Waals surface area contributed by atoms with Crippen molar-refractivity contribution in [3.05, 3.63) is 18.0 Å². The fourth-order valence-corrected chi connectivity index (χ4v) is 3.10. The minimum atomic E-state index is -3.86. The third-order valence-corrected chi connectivity index (χ3v) is 4.98. The van der Waals surface area contributed by atoms with Gasteiger partial charge in [0.2, 0.25) is 0 Å². The highest BCUT2D eigenvalue weighted by Crippen LogP contribution is 2.24. The van der Waals surface area contributed by atoms with E-state index in [-0.39, 0.29) is 22.9 Å². The van der Waals surface area contributed by atoms with Crippen molar-refractivity contribution in [3.8, 4) is 0 Å². The Hall–Kier alpha value is -1.05. The number of amides is 1. The summed E-state index contributed by atoms with van der Waals surface area (Å²) in [7, 11) is 3.22. The average molecular weight is 335 g/mol. The summed E-state index contributed by atoms with van der Waals surface area (Å²) in [6, 6.07) is 1.30. The van der Waals surface area contributed by atoms with Gasteiger partial charge in [-0.05, 0) is 26.3 Å². The van der Waals surface area contributed by atoms with Gasteiger partial charge in [0, 0.05) is 36.6 Å². The molecule has 1 atom stereocenters. The van der Waals surface area contributed by atoms with Crippen LogP contribution in [0.1, 0.15) is 36.8 Å². The molecule has 1 saturated heterocycles. The fourth-order valence-electron chi connectivity index (χ4n) is 2.36. The standard InChI is InChI=1S/C13H19ClN2O4S/c1-9(2)16-7-11(21(14,18)19)6-12(16)13(17)15(3)10-4-5-20-8-10/h6-7,9-10H,4-5,8H2,1-3H3. The van der Waals surface area contributed by atoms with Crippen LogP contribution < -0.4 is 0 Å². The zero-order chi connectivity index (χ0) is 15.8. The smallest absolute Gasteiger partial charge is 0.270 e. The van der Waals surface area contributed by atoms with Gasteiger partial charge in [0.05, 0.1) is 12.6 Å². The molecule has 0 aromatic carbocycles. The minimum Gasteiger partial charge on any atom is -0.379 e. The van der Waals surface area contributed by atoms with Gasteiger partial charge in [-0.15, -0.1) is 0 Å². The highest BCUT2D eigenvalue weighted by atomic mass is 35.7. The van der Waals surface area contributed by atoms with Crippen LogP contribution >= 0.6 is 10.7 Å². The van der Waals surface area contributed by atoms with E-state index in [1.54, 1.807) is 16.5 Å². The van der Waals surface area contributed by atoms with Gasteiger partial charge in [-0.2, -0.15) is 0 Å². The van der Waals surface area contributed by atoms with Gasteiger partial charge in [0.1, 0.15) is 10.6 Å². The summed E-state index contributed by atoms with van der Waals surface area (Å²) in [6.45, 7) is 4.89. The minimum absolute atomic E-state index is 0.0177. The molecule has 21 heavy (non-hydrogen) atoms. The summed E-state index contributed by atoms with van der Waals surface area (Å²) in [5, 5.41) is 0. The molecule has 1 fully saturated rings. The van der Waals surface area contributed by atoms with Crippen LogP contribution in [0.5, 0.6) is 0 Å². The van der Waals surface area contributed by atoms with E-state index < -0.39 is 9.05 Å². The van der Waals surface area contributed by atoms with Gasteiger partial charge in [-0.25, -0.2) is 8.42 Å². The third kappa shape index (κ3) is 3.41. The summed E-state index contributed by atoms with van der Waals surface area (Å²) >= 11 is 0. The van der Waals surface area contributed by atoms with E-state index in [2.05, 4.69) is 0 Å². The molecule has 0 radical (unpaired) electrons. The molecule has 1 unspecified atom stereocenters. The van der Waals surface area contributed by atoms with Crippen LogP contribution in [0.25, 0.3) is 0 Å². The molecule has 1 aliphatic heterocycles. The lowest BCUT2D eigenvalue weighted by Gasteiger charge is -2.24. The molecule has 0 N–H and O–H groups in total. The Bertz CT molecular complexity index is 633. The van der Waals surface area contributed by atoms with Gasteiger partial charge in [0.25, 0.3) is 15.0 Å². The highest BCUT2D eigenvalue weighted by Gasteiger charge is 2.28. The van der Waals surface area contributed by atoms with Crippen molar-refractivity contribution in [2.75, 3.05) is 20.3 Å². The Labute approximate surface area is 129 Å². The molecule has 0 spiro atoms. The van der Waals surface area contributed by atoms with E-state index in [1.807, 2.05) is 13.8 Å². The van der Waals surface area contributed by atoms with Crippen LogP contribution in [-0.4, -0.2) is 50.1 Å². The number of likely N-dealkylation sites (N-methyl/N-ethyl adjacent to an activating group) is 1. The van der Waals surface area contributed by atoms with E-state index in [0.29, 0.717) is 18.9 Å². The normalized spacial score (nSPS) is 19.2. The van der Waals surface area contributed by atoms with Crippen molar-refractivity contribution < 1.29 is 17.9 Å². The Morgan fingerprint density at radius 3 is 2.67 bits per heavy atom. The summed E-state index contributed by atoms with van der Waals surface area (Å²) < 4.78 is 29.9. The summed E-state index contributed by atoms with van der Waals surface area (Å²) in [5.74, 6) is -0.231. The first-order chi connectivity index (χ1) is 9.71. The number of rotatable bonds is 4. The molecule has 1 aromatic rings. The maximum atomic E-state index is 12.6. The van der Waals surface area contributed by atoms with Crippen LogP contribution in [-0.2, 0) is 13.8 Å². The fraction of sp³-hybridized carbons (Fsp3) is 0.615. The number of nitrogens with zero attached hydrogens (tertiary/aromatic N) is 2. The van der Waals surface area contributed by atoms with E-state index in [0.717, 1.165) is 6.42 Å². The van der Waals surface area contributed by atoms with Crippen molar-refractivity contribution >= 4 is 25.6 Å². The topological polar surface area (TPSA) is 68.6 Å². The quantitative estimate of drug-likeness (QED) is 0.788. The molecular formula is C13H19ClN2O4S. The molecule has 118 valence electrons. The molecule has 0 saturated carbocycles. The van der Waals surface area contributed by atoms with E-state index in [4.69, 9.17) is 15.4 Å². The predicted octanol–water partition coefficient (Wildman–Crippen LogP) is 1.86. The molecule has 0 aliphatic carbocycles. The molecule has 1 amide bonds. The summed E-state index contributed by atoms with van der Waals surface area (Å²) in [6.07, 6.45) is 2.19. The first-order valence-electron chi connectivity index (χ1n) is 6.73. The van der Waals surface area contributed by atoms with Crippen molar-refractivity contribution in [1.82, 2.24) is 9.47 Å². The third-order valence-electron chi connectivity index (χ3n) is 3.65. The zero-order valence-electron chi connectivity index (χ0n) is 12.2. The maximum Gasteiger partial charge on any atom is 0.270 e. The lowest BCUT2D eigenvalue weighted by Crippen LogP contribution is -2.38. The van der Waals surface area contributed by atoms with Gasteiger partial charge in [-0.3, -0.25) is 4.79 Å². The maximum absolute atomic E-state index is 12.6. The highest BCUT2D eigenvalue weighted by molar-refractivity contribution is 8.13. The predicted molar refractivity (Wildman–Crippen MR) is 79.2 cm³/mol. The molecule has 1 aliphatic rings. The Morgan fingerprint density at radius 2 is 2.19 bits per heavy atom. The van der Waals surface area contributed by atoms with Crippen LogP contribution in [0.15, 0.2) is 17.2 Å². The summed E-state index contributed by atoms with van der Waals surface area (Å²) in [5.41, 5.74) is 0.318. The number of carbonyl (C=O) groups excluding carboxylic acids is 1. The van der Waals surface area contributed by atoms with Crippen LogP contribution in [0.3, 0.4) is 0 Å². The molecule has 6 nitrogen and oxygen atoms in total. The largest absolute Gasteiger partial charge is 0.379 e. The Balaban J connectivity index is 2.37. The number of hydrogen-bond acceptors (Lipinski definition) is 4. The number of carbonyl (C=O) groups is 1. The number of hydrogen-bond donors (Lipinski definition) is 0. The lowest BCUT2D eigenvalue weighted by atomic mass is 10.2.